The third-order valence-corrected chi connectivity index (χ3v) is 2.59. The molecule has 1 aromatic rings. The molecular formula is C11H15BN2O2. The second kappa shape index (κ2) is 3.51. The zero-order chi connectivity index (χ0) is 11.9. The highest BCUT2D eigenvalue weighted by atomic mass is 16.5. The fourth-order valence-corrected chi connectivity index (χ4v) is 1.54. The van der Waals surface area contributed by atoms with Gasteiger partial charge in [-0.3, -0.25) is 4.79 Å². The van der Waals surface area contributed by atoms with Crippen LogP contribution in [0.25, 0.3) is 0 Å². The summed E-state index contributed by atoms with van der Waals surface area (Å²) in [7, 11) is 1.71. The summed E-state index contributed by atoms with van der Waals surface area (Å²) in [6.07, 6.45) is 0. The van der Waals surface area contributed by atoms with Gasteiger partial charge in [0.15, 0.2) is 18.2 Å². The number of pyridine rings is 1. The number of carbonyl (C=O) groups is 1. The minimum atomic E-state index is -0.0765. The highest BCUT2D eigenvalue weighted by Gasteiger charge is 2.26. The highest BCUT2D eigenvalue weighted by Crippen LogP contribution is 2.27. The van der Waals surface area contributed by atoms with Crippen molar-refractivity contribution in [3.05, 3.63) is 23.5 Å². The van der Waals surface area contributed by atoms with E-state index in [9.17, 15) is 4.79 Å². The van der Waals surface area contributed by atoms with Crippen molar-refractivity contribution in [1.29, 1.82) is 0 Å². The second-order valence-electron chi connectivity index (χ2n) is 5.07. The minimum absolute atomic E-state index is 0.0642. The van der Waals surface area contributed by atoms with E-state index in [-0.39, 0.29) is 11.3 Å². The lowest BCUT2D eigenvalue weighted by Gasteiger charge is -2.27. The van der Waals surface area contributed by atoms with Crippen molar-refractivity contribution in [2.24, 2.45) is 0 Å². The molecule has 0 fully saturated rings. The molecule has 16 heavy (non-hydrogen) atoms. The molecule has 0 unspecified atom stereocenters. The van der Waals surface area contributed by atoms with Gasteiger partial charge in [-0.1, -0.05) is 20.8 Å². The number of hydrogen-bond acceptors (Lipinski definition) is 3. The van der Waals surface area contributed by atoms with Crippen molar-refractivity contribution in [1.82, 2.24) is 9.79 Å². The van der Waals surface area contributed by atoms with Gasteiger partial charge >= 0.3 is 0 Å². The number of fused-ring (bicyclic) bond motifs is 1. The van der Waals surface area contributed by atoms with Crippen LogP contribution in [0.3, 0.4) is 0 Å². The Kier molecular flexibility index (Phi) is 2.41. The predicted molar refractivity (Wildman–Crippen MR) is 63.1 cm³/mol. The number of nitrogens with zero attached hydrogens (tertiary/aromatic N) is 2. The molecular weight excluding hydrogens is 203 g/mol. The van der Waals surface area contributed by atoms with Crippen LogP contribution in [0.1, 0.15) is 37.0 Å². The molecule has 5 heteroatoms. The first kappa shape index (κ1) is 11.0. The first-order valence-corrected chi connectivity index (χ1v) is 5.29. The molecule has 0 saturated carbocycles. The molecule has 2 rings (SSSR count). The fourth-order valence-electron chi connectivity index (χ4n) is 1.54. The Labute approximate surface area is 96.0 Å². The Bertz CT molecular complexity index is 440. The molecule has 0 radical (unpaired) electrons. The van der Waals surface area contributed by atoms with Gasteiger partial charge in [-0.25, -0.2) is 4.98 Å². The Morgan fingerprint density at radius 2 is 2.12 bits per heavy atom. The quantitative estimate of drug-likeness (QED) is 0.602. The molecule has 0 aromatic carbocycles. The fraction of sp³-hybridized carbons (Fsp3) is 0.455. The lowest BCUT2D eigenvalue weighted by molar-refractivity contribution is 0.0712. The summed E-state index contributed by atoms with van der Waals surface area (Å²) in [6, 6.07) is 3.74. The summed E-state index contributed by atoms with van der Waals surface area (Å²) in [5.74, 6) is 0.503. The second-order valence-corrected chi connectivity index (χ2v) is 5.07. The molecule has 0 saturated heterocycles. The lowest BCUT2D eigenvalue weighted by atomic mass is 9.91. The van der Waals surface area contributed by atoms with Crippen molar-refractivity contribution < 1.29 is 9.53 Å². The van der Waals surface area contributed by atoms with E-state index in [0.717, 1.165) is 5.69 Å². The zero-order valence-electron chi connectivity index (χ0n) is 10.1. The maximum absolute atomic E-state index is 11.9. The molecule has 0 aliphatic carbocycles. The summed E-state index contributed by atoms with van der Waals surface area (Å²) in [5.41, 5.74) is 1.25. The number of carbonyl (C=O) groups excluding carboxylic acids is 1. The van der Waals surface area contributed by atoms with E-state index in [1.807, 2.05) is 12.1 Å². The van der Waals surface area contributed by atoms with Crippen molar-refractivity contribution in [2.75, 3.05) is 6.73 Å². The van der Waals surface area contributed by atoms with Gasteiger partial charge < -0.3 is 9.55 Å². The van der Waals surface area contributed by atoms with Gasteiger partial charge in [0.25, 0.3) is 5.91 Å². The monoisotopic (exact) mass is 218 g/mol. The van der Waals surface area contributed by atoms with Crippen LogP contribution >= 0.6 is 0 Å². The summed E-state index contributed by atoms with van der Waals surface area (Å²) in [4.78, 5) is 17.8. The average Bonchev–Trinajstić information content (AvgIpc) is 2.22. The lowest BCUT2D eigenvalue weighted by Crippen LogP contribution is -2.37. The van der Waals surface area contributed by atoms with Crippen LogP contribution in [-0.2, 0) is 5.41 Å². The van der Waals surface area contributed by atoms with Gasteiger partial charge in [-0.15, -0.1) is 0 Å². The molecule has 0 spiro atoms. The first-order valence-electron chi connectivity index (χ1n) is 5.29. The smallest absolute Gasteiger partial charge is 0.266 e. The van der Waals surface area contributed by atoms with Crippen LogP contribution in [0.5, 0.6) is 5.75 Å². The van der Waals surface area contributed by atoms with Crippen molar-refractivity contribution in [3.63, 3.8) is 0 Å². The van der Waals surface area contributed by atoms with Crippen LogP contribution in [0.4, 0.5) is 0 Å². The van der Waals surface area contributed by atoms with Crippen molar-refractivity contribution in [3.8, 4) is 5.75 Å². The topological polar surface area (TPSA) is 42.4 Å². The Morgan fingerprint density at radius 1 is 1.44 bits per heavy atom. The SMILES string of the molecule is BN1COc2ccc(C(C)(C)C)nc2C1=O. The molecule has 4 nitrogen and oxygen atoms in total. The number of aromatic nitrogens is 1. The van der Waals surface area contributed by atoms with Crippen LogP contribution in [-0.4, -0.2) is 30.4 Å². The summed E-state index contributed by atoms with van der Waals surface area (Å²) >= 11 is 0. The molecule has 0 atom stereocenters. The van der Waals surface area contributed by atoms with Gasteiger partial charge in [0.05, 0.1) is 0 Å². The third-order valence-electron chi connectivity index (χ3n) is 2.59. The third kappa shape index (κ3) is 1.77. The van der Waals surface area contributed by atoms with Gasteiger partial charge in [0.1, 0.15) is 0 Å². The van der Waals surface area contributed by atoms with Gasteiger partial charge in [0, 0.05) is 11.1 Å². The normalized spacial score (nSPS) is 15.7. The maximum Gasteiger partial charge on any atom is 0.266 e. The standard InChI is InChI=1S/C11H15BN2O2/c1-11(2,3)8-5-4-7-9(13-8)10(15)14(12)6-16-7/h4-5H,6,12H2,1-3H3. The van der Waals surface area contributed by atoms with Gasteiger partial charge in [-0.2, -0.15) is 0 Å². The summed E-state index contributed by atoms with van der Waals surface area (Å²) in [5, 5.41) is 0. The predicted octanol–water partition coefficient (Wildman–Crippen LogP) is 0.719. The molecule has 0 N–H and O–H groups in total. The van der Waals surface area contributed by atoms with E-state index < -0.39 is 0 Å². The maximum atomic E-state index is 11.9. The Balaban J connectivity index is 2.49. The zero-order valence-corrected chi connectivity index (χ0v) is 10.1. The molecule has 2 heterocycles. The van der Waals surface area contributed by atoms with Crippen LogP contribution in [0.15, 0.2) is 12.1 Å². The van der Waals surface area contributed by atoms with Crippen LogP contribution in [0.2, 0.25) is 0 Å². The Hall–Kier alpha value is -1.52. The van der Waals surface area contributed by atoms with Crippen LogP contribution < -0.4 is 4.74 Å². The van der Waals surface area contributed by atoms with E-state index in [0.29, 0.717) is 18.2 Å². The number of ether oxygens (including phenoxy) is 1. The highest BCUT2D eigenvalue weighted by molar-refractivity contribution is 6.18. The summed E-state index contributed by atoms with van der Waals surface area (Å²) in [6.45, 7) is 6.50. The number of amides is 1. The van der Waals surface area contributed by atoms with E-state index in [1.54, 1.807) is 7.98 Å². The van der Waals surface area contributed by atoms with E-state index >= 15 is 0 Å². The molecule has 84 valence electrons. The molecule has 1 aliphatic heterocycles. The first-order chi connectivity index (χ1) is 7.39. The molecule has 0 bridgehead atoms. The van der Waals surface area contributed by atoms with E-state index in [2.05, 4.69) is 25.8 Å². The molecule has 1 amide bonds. The minimum Gasteiger partial charge on any atom is -0.472 e. The molecule has 1 aliphatic rings. The van der Waals surface area contributed by atoms with Crippen molar-refractivity contribution >= 4 is 13.9 Å². The number of rotatable bonds is 0. The van der Waals surface area contributed by atoms with Gasteiger partial charge in [0.2, 0.25) is 7.98 Å². The van der Waals surface area contributed by atoms with Crippen molar-refractivity contribution in [2.45, 2.75) is 26.2 Å². The van der Waals surface area contributed by atoms with E-state index in [1.165, 1.54) is 4.81 Å². The average molecular weight is 218 g/mol. The largest absolute Gasteiger partial charge is 0.472 e. The van der Waals surface area contributed by atoms with Crippen LogP contribution in [0, 0.1) is 0 Å². The summed E-state index contributed by atoms with van der Waals surface area (Å²) < 4.78 is 5.42. The van der Waals surface area contributed by atoms with Gasteiger partial charge in [-0.05, 0) is 12.1 Å². The Morgan fingerprint density at radius 3 is 2.75 bits per heavy atom. The molecule has 1 aromatic heterocycles. The number of hydrogen-bond donors (Lipinski definition) is 0. The van der Waals surface area contributed by atoms with E-state index in [4.69, 9.17) is 4.74 Å².